The summed E-state index contributed by atoms with van der Waals surface area (Å²) in [6.07, 6.45) is -3.64. The van der Waals surface area contributed by atoms with Gasteiger partial charge in [0.05, 0.1) is 5.39 Å². The molecule has 7 heteroatoms. The summed E-state index contributed by atoms with van der Waals surface area (Å²) in [4.78, 5) is 9.98. The first kappa shape index (κ1) is 13.2. The van der Waals surface area contributed by atoms with E-state index in [1.54, 1.807) is 13.0 Å². The van der Waals surface area contributed by atoms with E-state index in [0.717, 1.165) is 17.9 Å². The molecule has 0 saturated heterocycles. The minimum absolute atomic E-state index is 0.244. The zero-order chi connectivity index (χ0) is 13.3. The molecule has 18 heavy (non-hydrogen) atoms. The first-order chi connectivity index (χ1) is 8.41. The molecule has 0 amide bonds. The van der Waals surface area contributed by atoms with Crippen LogP contribution in [-0.2, 0) is 6.18 Å². The van der Waals surface area contributed by atoms with E-state index in [4.69, 9.17) is 0 Å². The molecule has 0 radical (unpaired) electrons. The molecule has 3 nitrogen and oxygen atoms in total. The highest BCUT2D eigenvalue weighted by Gasteiger charge is 2.35. The molecular weight excluding hydrogens is 263 g/mol. The van der Waals surface area contributed by atoms with Crippen molar-refractivity contribution in [1.82, 2.24) is 15.0 Å². The van der Waals surface area contributed by atoms with Gasteiger partial charge in [-0.15, -0.1) is 11.8 Å². The van der Waals surface area contributed by atoms with Gasteiger partial charge in [0, 0.05) is 5.69 Å². The molecule has 2 heterocycles. The minimum atomic E-state index is -4.52. The predicted molar refractivity (Wildman–Crippen MR) is 64.6 cm³/mol. The first-order valence-electron chi connectivity index (χ1n) is 5.49. The second-order valence-corrected chi connectivity index (χ2v) is 5.00. The van der Waals surface area contributed by atoms with E-state index < -0.39 is 12.0 Å². The Morgan fingerprint density at radius 2 is 2.06 bits per heavy atom. The van der Waals surface area contributed by atoms with Crippen molar-refractivity contribution in [3.05, 3.63) is 17.6 Å². The fourth-order valence-corrected chi connectivity index (χ4v) is 2.41. The molecule has 2 aromatic rings. The molecule has 2 rings (SSSR count). The maximum atomic E-state index is 12.7. The first-order valence-corrected chi connectivity index (χ1v) is 6.47. The number of halogens is 3. The summed E-state index contributed by atoms with van der Waals surface area (Å²) < 4.78 is 38.0. The highest BCUT2D eigenvalue weighted by Crippen LogP contribution is 2.32. The molecule has 0 aliphatic carbocycles. The number of fused-ring (bicyclic) bond motifs is 1. The molecule has 0 aromatic carbocycles. The van der Waals surface area contributed by atoms with Crippen molar-refractivity contribution in [3.8, 4) is 0 Å². The number of thioether (sulfide) groups is 1. The third-order valence-electron chi connectivity index (χ3n) is 2.28. The van der Waals surface area contributed by atoms with Gasteiger partial charge in [0.1, 0.15) is 10.7 Å². The van der Waals surface area contributed by atoms with E-state index in [-0.39, 0.29) is 5.65 Å². The van der Waals surface area contributed by atoms with Gasteiger partial charge in [0.2, 0.25) is 5.82 Å². The fraction of sp³-hybridized carbons (Fsp3) is 0.455. The van der Waals surface area contributed by atoms with Crippen LogP contribution < -0.4 is 0 Å². The average Bonchev–Trinajstić information content (AvgIpc) is 2.64. The third kappa shape index (κ3) is 2.60. The van der Waals surface area contributed by atoms with Gasteiger partial charge >= 0.3 is 6.18 Å². The van der Waals surface area contributed by atoms with Crippen molar-refractivity contribution < 1.29 is 13.2 Å². The Morgan fingerprint density at radius 3 is 2.67 bits per heavy atom. The summed E-state index contributed by atoms with van der Waals surface area (Å²) in [7, 11) is 0. The molecule has 2 aromatic heterocycles. The molecule has 0 bridgehead atoms. The van der Waals surface area contributed by atoms with E-state index in [1.807, 2.05) is 6.92 Å². The van der Waals surface area contributed by atoms with E-state index in [1.165, 1.54) is 11.8 Å². The lowest BCUT2D eigenvalue weighted by Crippen LogP contribution is -2.11. The number of hydrogen-bond acceptors (Lipinski definition) is 3. The molecule has 0 unspecified atom stereocenters. The van der Waals surface area contributed by atoms with Crippen LogP contribution in [0.3, 0.4) is 0 Å². The van der Waals surface area contributed by atoms with Crippen molar-refractivity contribution in [1.29, 1.82) is 0 Å². The van der Waals surface area contributed by atoms with E-state index >= 15 is 0 Å². The zero-order valence-corrected chi connectivity index (χ0v) is 10.7. The van der Waals surface area contributed by atoms with Gasteiger partial charge in [0.25, 0.3) is 0 Å². The smallest absolute Gasteiger partial charge is 0.343 e. The SMILES string of the molecule is CCCSc1nc(C(F)(F)F)nc2[nH]c(C)cc12. The van der Waals surface area contributed by atoms with Crippen LogP contribution in [0.5, 0.6) is 0 Å². The van der Waals surface area contributed by atoms with Crippen LogP contribution in [0, 0.1) is 6.92 Å². The van der Waals surface area contributed by atoms with Crippen LogP contribution in [0.15, 0.2) is 11.1 Å². The Hall–Kier alpha value is -1.24. The monoisotopic (exact) mass is 275 g/mol. The normalized spacial score (nSPS) is 12.3. The molecule has 1 N–H and O–H groups in total. The van der Waals surface area contributed by atoms with Crippen LogP contribution in [0.25, 0.3) is 11.0 Å². The molecule has 0 aliphatic heterocycles. The minimum Gasteiger partial charge on any atom is -0.343 e. The number of aromatic amines is 1. The van der Waals surface area contributed by atoms with Crippen LogP contribution in [0.4, 0.5) is 13.2 Å². The summed E-state index contributed by atoms with van der Waals surface area (Å²) in [5.41, 5.74) is 1.02. The predicted octanol–water partition coefficient (Wildman–Crippen LogP) is 3.79. The topological polar surface area (TPSA) is 41.6 Å². The number of aromatic nitrogens is 3. The highest BCUT2D eigenvalue weighted by molar-refractivity contribution is 7.99. The molecule has 0 fully saturated rings. The van der Waals surface area contributed by atoms with Crippen LogP contribution in [0.2, 0.25) is 0 Å². The number of alkyl halides is 3. The van der Waals surface area contributed by atoms with Crippen molar-refractivity contribution in [2.75, 3.05) is 5.75 Å². The standard InChI is InChI=1S/C11H12F3N3S/c1-3-4-18-9-7-5-6(2)15-8(7)16-10(17-9)11(12,13)14/h5H,3-4H2,1-2H3,(H,15,16,17). The van der Waals surface area contributed by atoms with Crippen molar-refractivity contribution in [2.24, 2.45) is 0 Å². The van der Waals surface area contributed by atoms with Gasteiger partial charge < -0.3 is 4.98 Å². The number of hydrogen-bond donors (Lipinski definition) is 1. The molecule has 98 valence electrons. The number of H-pyrrole nitrogens is 1. The number of rotatable bonds is 3. The summed E-state index contributed by atoms with van der Waals surface area (Å²) in [5, 5.41) is 1.04. The Morgan fingerprint density at radius 1 is 1.33 bits per heavy atom. The number of nitrogens with zero attached hydrogens (tertiary/aromatic N) is 2. The summed E-state index contributed by atoms with van der Waals surface area (Å²) >= 11 is 1.32. The number of nitrogens with one attached hydrogen (secondary N) is 1. The third-order valence-corrected chi connectivity index (χ3v) is 3.48. The van der Waals surface area contributed by atoms with Gasteiger partial charge in [0.15, 0.2) is 0 Å². The Kier molecular flexibility index (Phi) is 3.52. The molecule has 0 atom stereocenters. The summed E-state index contributed by atoms with van der Waals surface area (Å²) in [6.45, 7) is 3.75. The van der Waals surface area contributed by atoms with Gasteiger partial charge in [-0.2, -0.15) is 13.2 Å². The fourth-order valence-electron chi connectivity index (χ4n) is 1.55. The van der Waals surface area contributed by atoms with Gasteiger partial charge in [-0.05, 0) is 25.2 Å². The Bertz CT molecular complexity index is 562. The quantitative estimate of drug-likeness (QED) is 0.684. The molecule has 0 aliphatic rings. The maximum Gasteiger partial charge on any atom is 0.451 e. The second kappa shape index (κ2) is 4.79. The van der Waals surface area contributed by atoms with Crippen LogP contribution in [0.1, 0.15) is 24.9 Å². The zero-order valence-electron chi connectivity index (χ0n) is 9.93. The Labute approximate surface area is 106 Å². The molecular formula is C11H12F3N3S. The van der Waals surface area contributed by atoms with E-state index in [0.29, 0.717) is 10.4 Å². The lowest BCUT2D eigenvalue weighted by atomic mass is 10.4. The Balaban J connectivity index is 2.56. The summed E-state index contributed by atoms with van der Waals surface area (Å²) in [6, 6.07) is 1.77. The van der Waals surface area contributed by atoms with Gasteiger partial charge in [-0.3, -0.25) is 0 Å². The van der Waals surface area contributed by atoms with Crippen molar-refractivity contribution >= 4 is 22.8 Å². The largest absolute Gasteiger partial charge is 0.451 e. The number of aryl methyl sites for hydroxylation is 1. The maximum absolute atomic E-state index is 12.7. The van der Waals surface area contributed by atoms with Crippen molar-refractivity contribution in [3.63, 3.8) is 0 Å². The summed E-state index contributed by atoms with van der Waals surface area (Å²) in [5.74, 6) is -0.358. The average molecular weight is 275 g/mol. The lowest BCUT2D eigenvalue weighted by Gasteiger charge is -2.07. The van der Waals surface area contributed by atoms with Gasteiger partial charge in [-0.1, -0.05) is 6.92 Å². The lowest BCUT2D eigenvalue weighted by molar-refractivity contribution is -0.145. The highest BCUT2D eigenvalue weighted by atomic mass is 32.2. The van der Waals surface area contributed by atoms with E-state index in [2.05, 4.69) is 15.0 Å². The van der Waals surface area contributed by atoms with Crippen LogP contribution in [-0.4, -0.2) is 20.7 Å². The van der Waals surface area contributed by atoms with Crippen molar-refractivity contribution in [2.45, 2.75) is 31.5 Å². The van der Waals surface area contributed by atoms with Crippen LogP contribution >= 0.6 is 11.8 Å². The molecule has 0 spiro atoms. The van der Waals surface area contributed by atoms with Gasteiger partial charge in [-0.25, -0.2) is 9.97 Å². The van der Waals surface area contributed by atoms with E-state index in [9.17, 15) is 13.2 Å². The molecule has 0 saturated carbocycles. The second-order valence-electron chi connectivity index (χ2n) is 3.91.